The van der Waals surface area contributed by atoms with Crippen LogP contribution in [0.25, 0.3) is 0 Å². The van der Waals surface area contributed by atoms with Crippen LogP contribution >= 0.6 is 12.4 Å². The topological polar surface area (TPSA) is 58.6 Å². The summed E-state index contributed by atoms with van der Waals surface area (Å²) in [6.07, 6.45) is 0.516. The van der Waals surface area contributed by atoms with Gasteiger partial charge < -0.3 is 15.2 Å². The minimum atomic E-state index is -0.819. The van der Waals surface area contributed by atoms with Crippen molar-refractivity contribution in [3.8, 4) is 5.75 Å². The van der Waals surface area contributed by atoms with Crippen LogP contribution < -0.4 is 10.1 Å². The quantitative estimate of drug-likeness (QED) is 0.808. The van der Waals surface area contributed by atoms with Gasteiger partial charge in [-0.05, 0) is 23.8 Å². The Bertz CT molecular complexity index is 381. The molecule has 1 unspecified atom stereocenters. The first-order chi connectivity index (χ1) is 6.70. The molecule has 0 amide bonds. The third kappa shape index (κ3) is 2.15. The smallest absolute Gasteiger partial charge is 0.326 e. The van der Waals surface area contributed by atoms with E-state index in [0.717, 1.165) is 17.0 Å². The van der Waals surface area contributed by atoms with Gasteiger partial charge in [-0.15, -0.1) is 12.4 Å². The van der Waals surface area contributed by atoms with Gasteiger partial charge in [-0.3, -0.25) is 0 Å². The fraction of sp³-hybridized carbons (Fsp3) is 0.300. The molecule has 0 bridgehead atoms. The van der Waals surface area contributed by atoms with Crippen molar-refractivity contribution in [2.75, 3.05) is 12.4 Å². The number of halogens is 1. The first-order valence-electron chi connectivity index (χ1n) is 4.37. The molecular weight excluding hydrogens is 218 g/mol. The molecule has 0 saturated carbocycles. The second kappa shape index (κ2) is 4.40. The van der Waals surface area contributed by atoms with E-state index in [0.29, 0.717) is 6.42 Å². The predicted octanol–water partition coefficient (Wildman–Crippen LogP) is 1.54. The Kier molecular flexibility index (Phi) is 3.42. The molecule has 0 radical (unpaired) electrons. The lowest BCUT2D eigenvalue weighted by Crippen LogP contribution is -2.26. The van der Waals surface area contributed by atoms with Crippen molar-refractivity contribution in [2.45, 2.75) is 12.5 Å². The fourth-order valence-corrected chi connectivity index (χ4v) is 1.61. The van der Waals surface area contributed by atoms with E-state index < -0.39 is 12.0 Å². The van der Waals surface area contributed by atoms with Gasteiger partial charge in [0.05, 0.1) is 7.11 Å². The predicted molar refractivity (Wildman–Crippen MR) is 59.0 cm³/mol. The van der Waals surface area contributed by atoms with Crippen LogP contribution in [0.4, 0.5) is 5.69 Å². The van der Waals surface area contributed by atoms with Crippen molar-refractivity contribution in [2.24, 2.45) is 0 Å². The number of rotatable bonds is 2. The van der Waals surface area contributed by atoms with Gasteiger partial charge in [0.1, 0.15) is 11.8 Å². The van der Waals surface area contributed by atoms with E-state index in [2.05, 4.69) is 5.32 Å². The Morgan fingerprint density at radius 2 is 2.33 bits per heavy atom. The average Bonchev–Trinajstić information content (AvgIpc) is 2.59. The highest BCUT2D eigenvalue weighted by atomic mass is 35.5. The third-order valence-corrected chi connectivity index (χ3v) is 2.36. The highest BCUT2D eigenvalue weighted by Crippen LogP contribution is 2.29. The molecule has 1 heterocycles. The van der Waals surface area contributed by atoms with Crippen LogP contribution in [0.15, 0.2) is 18.2 Å². The summed E-state index contributed by atoms with van der Waals surface area (Å²) in [6, 6.07) is 5.02. The highest BCUT2D eigenvalue weighted by Gasteiger charge is 2.26. The van der Waals surface area contributed by atoms with Crippen LogP contribution in [0.3, 0.4) is 0 Å². The maximum Gasteiger partial charge on any atom is 0.326 e. The Hall–Kier alpha value is -1.42. The number of nitrogens with one attached hydrogen (secondary N) is 1. The van der Waals surface area contributed by atoms with Crippen LogP contribution in [0.5, 0.6) is 5.75 Å². The van der Waals surface area contributed by atoms with Crippen LogP contribution in [0, 0.1) is 0 Å². The van der Waals surface area contributed by atoms with Gasteiger partial charge in [0.2, 0.25) is 0 Å². The van der Waals surface area contributed by atoms with E-state index in [1.165, 1.54) is 0 Å². The van der Waals surface area contributed by atoms with Crippen LogP contribution in [0.1, 0.15) is 5.56 Å². The summed E-state index contributed by atoms with van der Waals surface area (Å²) in [4.78, 5) is 10.7. The van der Waals surface area contributed by atoms with Gasteiger partial charge in [-0.1, -0.05) is 0 Å². The van der Waals surface area contributed by atoms with E-state index in [9.17, 15) is 4.79 Å². The van der Waals surface area contributed by atoms with Crippen LogP contribution in [-0.4, -0.2) is 24.2 Å². The number of carboxylic acid groups (broad SMARTS) is 1. The Morgan fingerprint density at radius 3 is 2.93 bits per heavy atom. The van der Waals surface area contributed by atoms with Crippen LogP contribution in [-0.2, 0) is 11.2 Å². The number of carbonyl (C=O) groups is 1. The lowest BCUT2D eigenvalue weighted by Gasteiger charge is -2.03. The average molecular weight is 230 g/mol. The summed E-state index contributed by atoms with van der Waals surface area (Å²) in [5, 5.41) is 11.7. The van der Waals surface area contributed by atoms with Crippen molar-refractivity contribution in [1.82, 2.24) is 0 Å². The second-order valence-corrected chi connectivity index (χ2v) is 3.26. The molecule has 1 aromatic rings. The van der Waals surface area contributed by atoms with Gasteiger partial charge in [-0.2, -0.15) is 0 Å². The van der Waals surface area contributed by atoms with Gasteiger partial charge in [-0.25, -0.2) is 4.79 Å². The van der Waals surface area contributed by atoms with Crippen molar-refractivity contribution in [3.05, 3.63) is 23.8 Å². The number of fused-ring (bicyclic) bond motifs is 1. The molecule has 0 saturated heterocycles. The van der Waals surface area contributed by atoms with Crippen molar-refractivity contribution < 1.29 is 14.6 Å². The second-order valence-electron chi connectivity index (χ2n) is 3.26. The highest BCUT2D eigenvalue weighted by molar-refractivity contribution is 5.85. The molecule has 0 spiro atoms. The zero-order valence-electron chi connectivity index (χ0n) is 8.19. The van der Waals surface area contributed by atoms with E-state index in [1.807, 2.05) is 18.2 Å². The number of benzene rings is 1. The normalized spacial score (nSPS) is 17.3. The number of carboxylic acids is 1. The SMILES string of the molecule is COc1ccc2c(c1)CC(C(=O)O)N2.Cl. The molecule has 15 heavy (non-hydrogen) atoms. The number of ether oxygens (including phenoxy) is 1. The number of hydrogen-bond acceptors (Lipinski definition) is 3. The molecule has 5 heteroatoms. The molecule has 0 aliphatic carbocycles. The molecule has 1 aromatic carbocycles. The Balaban J connectivity index is 0.00000112. The molecule has 82 valence electrons. The first kappa shape index (κ1) is 11.7. The van der Waals surface area contributed by atoms with E-state index >= 15 is 0 Å². The third-order valence-electron chi connectivity index (χ3n) is 2.36. The van der Waals surface area contributed by atoms with E-state index in [-0.39, 0.29) is 12.4 Å². The van der Waals surface area contributed by atoms with Crippen LogP contribution in [0.2, 0.25) is 0 Å². The minimum Gasteiger partial charge on any atom is -0.497 e. The molecule has 2 rings (SSSR count). The summed E-state index contributed by atoms with van der Waals surface area (Å²) < 4.78 is 5.06. The molecule has 2 N–H and O–H groups in total. The molecular formula is C10H12ClNO3. The summed E-state index contributed by atoms with van der Waals surface area (Å²) in [7, 11) is 1.60. The van der Waals surface area contributed by atoms with Crippen molar-refractivity contribution in [1.29, 1.82) is 0 Å². The molecule has 1 aliphatic rings. The Morgan fingerprint density at radius 1 is 1.60 bits per heavy atom. The summed E-state index contributed by atoms with van der Waals surface area (Å²) in [5.41, 5.74) is 1.88. The standard InChI is InChI=1S/C10H11NO3.ClH/c1-14-7-2-3-8-6(4-7)5-9(11-8)10(12)13;/h2-4,9,11H,5H2,1H3,(H,12,13);1H. The van der Waals surface area contributed by atoms with Gasteiger partial charge in [0, 0.05) is 12.1 Å². The van der Waals surface area contributed by atoms with Crippen molar-refractivity contribution >= 4 is 24.1 Å². The summed E-state index contributed by atoms with van der Waals surface area (Å²) in [5.74, 6) is -0.0586. The van der Waals surface area contributed by atoms with Gasteiger partial charge >= 0.3 is 5.97 Å². The molecule has 0 aromatic heterocycles. The number of anilines is 1. The fourth-order valence-electron chi connectivity index (χ4n) is 1.61. The molecule has 1 aliphatic heterocycles. The number of hydrogen-bond donors (Lipinski definition) is 2. The maximum absolute atomic E-state index is 10.7. The van der Waals surface area contributed by atoms with Gasteiger partial charge in [0.15, 0.2) is 0 Å². The Labute approximate surface area is 93.7 Å². The van der Waals surface area contributed by atoms with Crippen molar-refractivity contribution in [3.63, 3.8) is 0 Å². The maximum atomic E-state index is 10.7. The zero-order chi connectivity index (χ0) is 10.1. The lowest BCUT2D eigenvalue weighted by molar-refractivity contribution is -0.137. The number of aliphatic carboxylic acids is 1. The molecule has 1 atom stereocenters. The molecule has 0 fully saturated rings. The minimum absolute atomic E-state index is 0. The zero-order valence-corrected chi connectivity index (χ0v) is 9.00. The largest absolute Gasteiger partial charge is 0.497 e. The van der Waals surface area contributed by atoms with Gasteiger partial charge in [0.25, 0.3) is 0 Å². The van der Waals surface area contributed by atoms with E-state index in [1.54, 1.807) is 7.11 Å². The summed E-state index contributed by atoms with van der Waals surface area (Å²) >= 11 is 0. The monoisotopic (exact) mass is 229 g/mol. The molecule has 4 nitrogen and oxygen atoms in total. The number of methoxy groups -OCH3 is 1. The first-order valence-corrected chi connectivity index (χ1v) is 4.37. The summed E-state index contributed by atoms with van der Waals surface area (Å²) in [6.45, 7) is 0. The van der Waals surface area contributed by atoms with E-state index in [4.69, 9.17) is 9.84 Å². The lowest BCUT2D eigenvalue weighted by atomic mass is 10.1.